The molecular formula is C33H56BNNaO9. The minimum Gasteiger partial charge on any atom is -1.00 e. The molecule has 0 amide bonds. The van der Waals surface area contributed by atoms with Crippen LogP contribution in [0.15, 0.2) is 0 Å². The van der Waals surface area contributed by atoms with Crippen LogP contribution in [0.25, 0.3) is 0 Å². The van der Waals surface area contributed by atoms with Crippen LogP contribution < -0.4 is 34.9 Å². The van der Waals surface area contributed by atoms with Gasteiger partial charge in [0, 0.05) is 33.2 Å². The maximum Gasteiger partial charge on any atom is 1.00 e. The van der Waals surface area contributed by atoms with Gasteiger partial charge >= 0.3 is 47.5 Å². The molecule has 6 aliphatic rings. The summed E-state index contributed by atoms with van der Waals surface area (Å²) >= 11 is 0. The average Bonchev–Trinajstić information content (AvgIpc) is 3.79. The molecule has 0 aromatic heterocycles. The largest absolute Gasteiger partial charge is 1.00 e. The van der Waals surface area contributed by atoms with Crippen LogP contribution >= 0.6 is 0 Å². The van der Waals surface area contributed by atoms with E-state index >= 15 is 0 Å². The topological polar surface area (TPSA) is 148 Å². The number of esters is 3. The number of rotatable bonds is 6. The van der Waals surface area contributed by atoms with Crippen LogP contribution in [0.1, 0.15) is 93.8 Å². The van der Waals surface area contributed by atoms with E-state index in [9.17, 15) is 29.4 Å². The summed E-state index contributed by atoms with van der Waals surface area (Å²) in [6.07, 6.45) is 8.44. The zero-order valence-electron chi connectivity index (χ0n) is 28.1. The Hall–Kier alpha value is -0.975. The number of Topliss-reactive ketones (excluding diaryl/α,β-unsaturated/α-hetero) is 1. The van der Waals surface area contributed by atoms with Crippen molar-refractivity contribution in [2.24, 2.45) is 47.3 Å². The van der Waals surface area contributed by atoms with E-state index in [-0.39, 0.29) is 113 Å². The van der Waals surface area contributed by atoms with Crippen LogP contribution in [-0.2, 0) is 33.4 Å². The number of aliphatic hydroxyl groups excluding tert-OH is 2. The van der Waals surface area contributed by atoms with Gasteiger partial charge < -0.3 is 31.2 Å². The molecule has 12 heteroatoms. The molecule has 5 aliphatic carbocycles. The quantitative estimate of drug-likeness (QED) is 0.208. The maximum atomic E-state index is 11.6. The minimum atomic E-state index is -0.230. The fraction of sp³-hybridized carbons (Fsp3) is 0.879. The van der Waals surface area contributed by atoms with Gasteiger partial charge in [0.1, 0.15) is 11.8 Å². The molecule has 6 fully saturated rings. The summed E-state index contributed by atoms with van der Waals surface area (Å²) in [4.78, 5) is 46.1. The monoisotopic (exact) mass is 644 g/mol. The van der Waals surface area contributed by atoms with Gasteiger partial charge in [0.2, 0.25) is 0 Å². The Morgan fingerprint density at radius 3 is 1.78 bits per heavy atom. The van der Waals surface area contributed by atoms with Crippen molar-refractivity contribution < 1.29 is 74.6 Å². The zero-order valence-corrected chi connectivity index (χ0v) is 29.1. The Balaban J connectivity index is 0.000000633. The van der Waals surface area contributed by atoms with Gasteiger partial charge in [-0.05, 0) is 102 Å². The number of nitrogens with one attached hydrogen (secondary N) is 1. The maximum absolute atomic E-state index is 11.6. The Morgan fingerprint density at radius 1 is 0.689 bits per heavy atom. The van der Waals surface area contributed by atoms with E-state index in [0.717, 1.165) is 64.3 Å². The SMILES string of the molecule is C.CCOC(=O)[C@H]1CC[C@@H]2C(=O)CC[C@@H]21.CCOC(=O)[C@H]1CC[C@@H]2C(O)CC[C@H]12.CCOC(=O)[C@H]1NC[C@@H]2C(O)CC[C@H]12.[B].[H-].[Na+]. The van der Waals surface area contributed by atoms with Gasteiger partial charge in [-0.15, -0.1) is 0 Å². The molecule has 0 aromatic rings. The van der Waals surface area contributed by atoms with E-state index < -0.39 is 0 Å². The number of aliphatic hydroxyl groups is 2. The molecule has 45 heavy (non-hydrogen) atoms. The molecule has 10 nitrogen and oxygen atoms in total. The molecule has 0 aromatic carbocycles. The van der Waals surface area contributed by atoms with Crippen LogP contribution in [-0.4, -0.2) is 86.9 Å². The third kappa shape index (κ3) is 9.79. The van der Waals surface area contributed by atoms with Crippen molar-refractivity contribution in [2.45, 2.75) is 111 Å². The molecule has 251 valence electrons. The standard InChI is InChI=1S/C11H18O3.C11H16O3.C10H17NO3.CH4.B.Na.H/c2*1-2-14-11(13)9-4-3-8-7(9)5-6-10(8)12;1-2-14-10(13)9-6-3-4-8(12)7(6)5-11-9;;;;/h7-10,12H,2-6H2,1H3;7-9H,2-6H2,1H3;6-9,11-12H,2-5H2,1H3;1H4;;;/q;;;;;+1;-1/t7-,8-,9-,10?;7-,8-,9-;6-,7-,8?,9-;;;;/m000..../s1. The summed E-state index contributed by atoms with van der Waals surface area (Å²) in [6.45, 7) is 7.56. The van der Waals surface area contributed by atoms with Gasteiger partial charge in [0.05, 0.1) is 43.9 Å². The fourth-order valence-electron chi connectivity index (χ4n) is 8.70. The van der Waals surface area contributed by atoms with Gasteiger partial charge in [-0.1, -0.05) is 7.43 Å². The summed E-state index contributed by atoms with van der Waals surface area (Å²) in [6, 6.07) is -0.183. The summed E-state index contributed by atoms with van der Waals surface area (Å²) in [5, 5.41) is 22.5. The van der Waals surface area contributed by atoms with Gasteiger partial charge in [-0.25, -0.2) is 0 Å². The number of ether oxygens (including phenoxy) is 3. The van der Waals surface area contributed by atoms with Gasteiger partial charge in [0.25, 0.3) is 0 Å². The van der Waals surface area contributed by atoms with Crippen molar-refractivity contribution in [3.63, 3.8) is 0 Å². The third-order valence-electron chi connectivity index (χ3n) is 10.7. The first kappa shape index (κ1) is 42.0. The molecule has 0 spiro atoms. The predicted octanol–water partition coefficient (Wildman–Crippen LogP) is 0.182. The van der Waals surface area contributed by atoms with Crippen molar-refractivity contribution >= 4 is 32.1 Å². The molecule has 5 saturated carbocycles. The molecular weight excluding hydrogens is 588 g/mol. The molecule has 3 N–H and O–H groups in total. The van der Waals surface area contributed by atoms with E-state index in [4.69, 9.17) is 14.2 Å². The Kier molecular flexibility index (Phi) is 18.5. The first-order valence-corrected chi connectivity index (χ1v) is 16.3. The number of carbonyl (C=O) groups is 4. The van der Waals surface area contributed by atoms with Gasteiger partial charge in [0.15, 0.2) is 0 Å². The summed E-state index contributed by atoms with van der Waals surface area (Å²) in [5.41, 5.74) is 0. The summed E-state index contributed by atoms with van der Waals surface area (Å²) < 4.78 is 15.1. The molecule has 0 bridgehead atoms. The number of carbonyl (C=O) groups excluding carboxylic acids is 4. The van der Waals surface area contributed by atoms with E-state index in [1.54, 1.807) is 0 Å². The third-order valence-corrected chi connectivity index (χ3v) is 10.7. The van der Waals surface area contributed by atoms with Gasteiger partial charge in [-0.2, -0.15) is 0 Å². The Morgan fingerprint density at radius 2 is 1.18 bits per heavy atom. The van der Waals surface area contributed by atoms with Crippen LogP contribution in [0.2, 0.25) is 0 Å². The molecule has 1 saturated heterocycles. The average molecular weight is 645 g/mol. The second kappa shape index (κ2) is 19.8. The first-order chi connectivity index (χ1) is 20.2. The van der Waals surface area contributed by atoms with Crippen LogP contribution in [0.5, 0.6) is 0 Å². The van der Waals surface area contributed by atoms with Crippen molar-refractivity contribution in [3.05, 3.63) is 0 Å². The Labute approximate surface area is 295 Å². The number of ketones is 1. The van der Waals surface area contributed by atoms with E-state index in [1.165, 1.54) is 0 Å². The van der Waals surface area contributed by atoms with Crippen molar-refractivity contribution in [1.82, 2.24) is 5.32 Å². The summed E-state index contributed by atoms with van der Waals surface area (Å²) in [7, 11) is 0. The number of hydrogen-bond acceptors (Lipinski definition) is 10. The number of fused-ring (bicyclic) bond motifs is 3. The fourth-order valence-corrected chi connectivity index (χ4v) is 8.70. The van der Waals surface area contributed by atoms with Crippen molar-refractivity contribution in [3.8, 4) is 0 Å². The zero-order chi connectivity index (χ0) is 30.4. The molecule has 1 aliphatic heterocycles. The predicted molar refractivity (Wildman–Crippen MR) is 166 cm³/mol. The van der Waals surface area contributed by atoms with Crippen LogP contribution in [0.4, 0.5) is 0 Å². The molecule has 1 heterocycles. The second-order valence-electron chi connectivity index (χ2n) is 12.7. The van der Waals surface area contributed by atoms with Crippen molar-refractivity contribution in [2.75, 3.05) is 26.4 Å². The van der Waals surface area contributed by atoms with Crippen LogP contribution in [0, 0.1) is 47.3 Å². The molecule has 3 radical (unpaired) electrons. The molecule has 6 rings (SSSR count). The summed E-state index contributed by atoms with van der Waals surface area (Å²) in [5.74, 6) is 1.90. The molecule has 11 atom stereocenters. The van der Waals surface area contributed by atoms with Crippen molar-refractivity contribution in [1.29, 1.82) is 0 Å². The normalized spacial score (nSPS) is 36.6. The number of hydrogen-bond donors (Lipinski definition) is 3. The van der Waals surface area contributed by atoms with E-state index in [0.29, 0.717) is 49.8 Å². The van der Waals surface area contributed by atoms with E-state index in [1.807, 2.05) is 20.8 Å². The van der Waals surface area contributed by atoms with E-state index in [2.05, 4.69) is 5.32 Å². The minimum absolute atomic E-state index is 0. The van der Waals surface area contributed by atoms with Crippen LogP contribution in [0.3, 0.4) is 0 Å². The van der Waals surface area contributed by atoms with Gasteiger partial charge in [-0.3, -0.25) is 19.2 Å². The smallest absolute Gasteiger partial charge is 1.00 e. The first-order valence-electron chi connectivity index (χ1n) is 16.3. The Bertz CT molecular complexity index is 929. The second-order valence-corrected chi connectivity index (χ2v) is 12.7. The molecule has 2 unspecified atom stereocenters.